The average molecular weight is 715 g/mol. The number of amides is 1. The van der Waals surface area contributed by atoms with Crippen LogP contribution in [0.25, 0.3) is 0 Å². The molecule has 5 aliphatic heterocycles. The third kappa shape index (κ3) is 5.84. The number of rotatable bonds is 2. The molecule has 270 valence electrons. The molecule has 2 spiro atoms. The highest BCUT2D eigenvalue weighted by molar-refractivity contribution is 8.77. The van der Waals surface area contributed by atoms with Gasteiger partial charge in [0, 0.05) is 72.6 Å². The van der Waals surface area contributed by atoms with Crippen LogP contribution in [0.1, 0.15) is 104 Å². The van der Waals surface area contributed by atoms with Gasteiger partial charge in [-0.05, 0) is 77.0 Å². The molecular formula is C38H56N3O6S2+. The van der Waals surface area contributed by atoms with E-state index >= 15 is 0 Å². The van der Waals surface area contributed by atoms with Crippen LogP contribution in [0.4, 0.5) is 0 Å². The van der Waals surface area contributed by atoms with E-state index in [1.54, 1.807) is 0 Å². The van der Waals surface area contributed by atoms with Crippen LogP contribution in [0.5, 0.6) is 0 Å². The van der Waals surface area contributed by atoms with Crippen molar-refractivity contribution in [3.05, 3.63) is 23.3 Å². The van der Waals surface area contributed by atoms with E-state index in [1.165, 1.54) is 31.3 Å². The Bertz CT molecular complexity index is 1420. The summed E-state index contributed by atoms with van der Waals surface area (Å²) in [6.45, 7) is 7.48. The molecule has 5 heterocycles. The van der Waals surface area contributed by atoms with Crippen molar-refractivity contribution in [2.45, 2.75) is 145 Å². The number of nitrogens with two attached hydrogens (primary N) is 2. The number of carbonyl (C=O) groups excluding carboxylic acids is 3. The van der Waals surface area contributed by atoms with Crippen molar-refractivity contribution in [3.8, 4) is 0 Å². The fourth-order valence-corrected chi connectivity index (χ4v) is 15.1. The minimum Gasteiger partial charge on any atom is -0.462 e. The normalized spacial score (nSPS) is 45.0. The first-order valence-corrected chi connectivity index (χ1v) is 21.5. The number of piperidine rings is 1. The van der Waals surface area contributed by atoms with Crippen LogP contribution >= 0.6 is 21.6 Å². The number of allylic oxidation sites excluding steroid dienone is 1. The van der Waals surface area contributed by atoms with Crippen molar-refractivity contribution in [1.29, 1.82) is 0 Å². The Morgan fingerprint density at radius 1 is 1.12 bits per heavy atom. The SMILES string of the molecule is CC=C(C)C(=O)OC1(C)CC=C2CSSC3(CCCC3)C3CCN3C(=O)CC3C[NH2+]C(N)CC3C2C12CC1CC3CCC(=O)OC3CC1O2. The Kier molecular flexibility index (Phi) is 9.27. The molecule has 1 amide bonds. The molecule has 2 saturated carbocycles. The quantitative estimate of drug-likeness (QED) is 0.182. The minimum absolute atomic E-state index is 0.0445. The summed E-state index contributed by atoms with van der Waals surface area (Å²) in [5, 5.41) is 2.23. The average Bonchev–Trinajstić information content (AvgIpc) is 3.67. The van der Waals surface area contributed by atoms with Crippen molar-refractivity contribution in [2.75, 3.05) is 18.8 Å². The highest BCUT2D eigenvalue weighted by Gasteiger charge is 2.68. The van der Waals surface area contributed by atoms with Crippen molar-refractivity contribution >= 4 is 39.4 Å². The topological polar surface area (TPSA) is 125 Å². The van der Waals surface area contributed by atoms with Gasteiger partial charge < -0.3 is 24.4 Å². The number of hydrogen-bond acceptors (Lipinski definition) is 9. The predicted octanol–water partition coefficient (Wildman–Crippen LogP) is 4.64. The first-order chi connectivity index (χ1) is 23.5. The van der Waals surface area contributed by atoms with Crippen LogP contribution in [0.2, 0.25) is 0 Å². The molecule has 9 nitrogen and oxygen atoms in total. The molecule has 8 aliphatic rings. The molecule has 7 fully saturated rings. The van der Waals surface area contributed by atoms with Gasteiger partial charge in [0.2, 0.25) is 5.91 Å². The van der Waals surface area contributed by atoms with Crippen LogP contribution < -0.4 is 11.1 Å². The van der Waals surface area contributed by atoms with E-state index in [1.807, 2.05) is 41.5 Å². The zero-order valence-corrected chi connectivity index (χ0v) is 31.2. The summed E-state index contributed by atoms with van der Waals surface area (Å²) < 4.78 is 20.3. The van der Waals surface area contributed by atoms with E-state index < -0.39 is 11.2 Å². The van der Waals surface area contributed by atoms with Gasteiger partial charge >= 0.3 is 11.9 Å². The van der Waals surface area contributed by atoms with Gasteiger partial charge in [-0.25, -0.2) is 4.79 Å². The minimum atomic E-state index is -0.911. The molecule has 0 aromatic heterocycles. The second-order valence-electron chi connectivity index (χ2n) is 16.9. The largest absolute Gasteiger partial charge is 0.462 e. The van der Waals surface area contributed by atoms with Crippen LogP contribution in [-0.4, -0.2) is 82.0 Å². The van der Waals surface area contributed by atoms with Gasteiger partial charge in [-0.1, -0.05) is 52.2 Å². The standard InChI is InChI=1S/C38H55N3O6S2/c1-4-22(2)35(44)47-36(3)13-9-24-21-48-49-37(11-5-6-12-37)30-10-14-41(30)32(42)16-26-20-40-31(39)17-27(26)34(24)38(36)19-25-15-23-7-8-33(43)45-28(23)18-29(25)46-38/h4,9,23,25-31,34,40H,5-8,10-21,39H2,1-3H3/p+1. The molecule has 49 heavy (non-hydrogen) atoms. The molecule has 0 radical (unpaired) electrons. The number of esters is 2. The first kappa shape index (κ1) is 34.6. The van der Waals surface area contributed by atoms with Gasteiger partial charge in [0.1, 0.15) is 23.5 Å². The molecule has 3 aliphatic carbocycles. The maximum absolute atomic E-state index is 14.3. The van der Waals surface area contributed by atoms with E-state index in [0.29, 0.717) is 49.1 Å². The molecule has 11 atom stereocenters. The number of fused-ring (bicyclic) bond motifs is 8. The van der Waals surface area contributed by atoms with Gasteiger partial charge in [0.15, 0.2) is 0 Å². The molecule has 5 saturated heterocycles. The first-order valence-electron chi connectivity index (χ1n) is 19.2. The van der Waals surface area contributed by atoms with Gasteiger partial charge in [-0.15, -0.1) is 0 Å². The van der Waals surface area contributed by atoms with Crippen molar-refractivity contribution in [3.63, 3.8) is 0 Å². The van der Waals surface area contributed by atoms with Crippen molar-refractivity contribution in [2.24, 2.45) is 35.3 Å². The van der Waals surface area contributed by atoms with E-state index in [9.17, 15) is 14.4 Å². The Hall–Kier alpha value is -1.53. The van der Waals surface area contributed by atoms with E-state index in [4.69, 9.17) is 19.9 Å². The fraction of sp³-hybridized carbons (Fsp3) is 0.816. The zero-order valence-electron chi connectivity index (χ0n) is 29.5. The molecule has 11 heteroatoms. The molecule has 8 rings (SSSR count). The highest BCUT2D eigenvalue weighted by Crippen LogP contribution is 2.63. The van der Waals surface area contributed by atoms with Crippen LogP contribution in [0.15, 0.2) is 23.3 Å². The van der Waals surface area contributed by atoms with Gasteiger partial charge in [-0.2, -0.15) is 0 Å². The summed E-state index contributed by atoms with van der Waals surface area (Å²) in [4.78, 5) is 42.6. The molecule has 11 unspecified atom stereocenters. The second kappa shape index (κ2) is 13.2. The summed E-state index contributed by atoms with van der Waals surface area (Å²) in [7, 11) is 4.03. The number of nitrogens with zero attached hydrogens (tertiary/aromatic N) is 1. The fourth-order valence-electron chi connectivity index (χ4n) is 11.5. The molecule has 4 N–H and O–H groups in total. The molecule has 0 bridgehead atoms. The maximum atomic E-state index is 14.3. The van der Waals surface area contributed by atoms with Crippen LogP contribution in [0.3, 0.4) is 0 Å². The number of hydrogen-bond donors (Lipinski definition) is 2. The summed E-state index contributed by atoms with van der Waals surface area (Å²) in [5.74, 6) is 1.62. The predicted molar refractivity (Wildman–Crippen MR) is 190 cm³/mol. The lowest BCUT2D eigenvalue weighted by atomic mass is 9.56. The lowest BCUT2D eigenvalue weighted by Crippen LogP contribution is -2.96. The van der Waals surface area contributed by atoms with Crippen LogP contribution in [0, 0.1) is 29.6 Å². The van der Waals surface area contributed by atoms with Gasteiger partial charge in [0.25, 0.3) is 0 Å². The summed E-state index contributed by atoms with van der Waals surface area (Å²) in [6.07, 6.45) is 15.6. The van der Waals surface area contributed by atoms with Gasteiger partial charge in [0.05, 0.1) is 12.6 Å². The molecule has 0 aromatic rings. The zero-order chi connectivity index (χ0) is 34.1. The lowest BCUT2D eigenvalue weighted by Gasteiger charge is -2.57. The summed E-state index contributed by atoms with van der Waals surface area (Å²) in [5.41, 5.74) is 7.07. The third-order valence-corrected chi connectivity index (χ3v) is 17.6. The van der Waals surface area contributed by atoms with E-state index in [2.05, 4.69) is 23.2 Å². The van der Waals surface area contributed by atoms with E-state index in [0.717, 1.165) is 50.9 Å². The Balaban J connectivity index is 1.22. The molecular weight excluding hydrogens is 659 g/mol. The summed E-state index contributed by atoms with van der Waals surface area (Å²) in [6, 6.07) is 0.340. The van der Waals surface area contributed by atoms with Crippen molar-refractivity contribution in [1.82, 2.24) is 4.90 Å². The Morgan fingerprint density at radius 3 is 2.69 bits per heavy atom. The van der Waals surface area contributed by atoms with Crippen molar-refractivity contribution < 1.29 is 33.9 Å². The highest BCUT2D eigenvalue weighted by atomic mass is 33.1. The van der Waals surface area contributed by atoms with Crippen LogP contribution in [-0.2, 0) is 28.6 Å². The third-order valence-electron chi connectivity index (χ3n) is 14.3. The Morgan fingerprint density at radius 2 is 1.94 bits per heavy atom. The maximum Gasteiger partial charge on any atom is 0.334 e. The number of carbonyl (C=O) groups is 3. The van der Waals surface area contributed by atoms with Gasteiger partial charge in [-0.3, -0.25) is 15.3 Å². The molecule has 0 aromatic carbocycles. The van der Waals surface area contributed by atoms with E-state index in [-0.39, 0.29) is 58.7 Å². The second-order valence-corrected chi connectivity index (χ2v) is 19.6. The summed E-state index contributed by atoms with van der Waals surface area (Å²) >= 11 is 0. The lowest BCUT2D eigenvalue weighted by molar-refractivity contribution is -0.706. The monoisotopic (exact) mass is 714 g/mol. The Labute approximate surface area is 299 Å². The number of ether oxygens (including phenoxy) is 3. The smallest absolute Gasteiger partial charge is 0.334 e. The number of quaternary nitrogens is 1.